The van der Waals surface area contributed by atoms with E-state index >= 15 is 0 Å². The minimum absolute atomic E-state index is 0.0172. The topological polar surface area (TPSA) is 55.3 Å². The first-order valence-corrected chi connectivity index (χ1v) is 12.1. The Balaban J connectivity index is 1.41. The van der Waals surface area contributed by atoms with E-state index in [-0.39, 0.29) is 5.78 Å². The minimum Gasteiger partial charge on any atom is -0.493 e. The standard InChI is InChI=1S/C29H27F2N3O2/c1-34(2)29-23-10-12-32-27(19-14-20(30)16-21(31)15-19)28(23)33-17-24(29)25(35)8-5-6-18-11-13-36-26-9-4-3-7-22(18)26/h3-4,7,9-10,12,14-18H,5-6,8,11,13H2,1-2H3/t18-/m0/s1. The van der Waals surface area contributed by atoms with Crippen LogP contribution >= 0.6 is 0 Å². The number of nitrogens with zero attached hydrogens (tertiary/aromatic N) is 3. The molecule has 0 radical (unpaired) electrons. The summed E-state index contributed by atoms with van der Waals surface area (Å²) in [6.07, 6.45) is 6.15. The molecule has 3 heterocycles. The highest BCUT2D eigenvalue weighted by atomic mass is 19.1. The first-order chi connectivity index (χ1) is 17.4. The van der Waals surface area contributed by atoms with E-state index in [4.69, 9.17) is 4.74 Å². The molecule has 0 fully saturated rings. The van der Waals surface area contributed by atoms with E-state index in [2.05, 4.69) is 16.0 Å². The first kappa shape index (κ1) is 23.9. The number of fused-ring (bicyclic) bond motifs is 2. The zero-order valence-electron chi connectivity index (χ0n) is 20.3. The van der Waals surface area contributed by atoms with Crippen LogP contribution in [0.15, 0.2) is 60.9 Å². The number of rotatable bonds is 7. The van der Waals surface area contributed by atoms with E-state index < -0.39 is 11.6 Å². The maximum atomic E-state index is 13.9. The summed E-state index contributed by atoms with van der Waals surface area (Å²) in [5, 5.41) is 0.707. The Bertz CT molecular complexity index is 1420. The number of carbonyl (C=O) groups excluding carboxylic acids is 1. The van der Waals surface area contributed by atoms with Gasteiger partial charge in [0.1, 0.15) is 17.4 Å². The number of ketones is 1. The summed E-state index contributed by atoms with van der Waals surface area (Å²) in [5.74, 6) is -0.0304. The number of ether oxygens (including phenoxy) is 1. The van der Waals surface area contributed by atoms with Crippen LogP contribution in [-0.4, -0.2) is 36.5 Å². The molecule has 0 unspecified atom stereocenters. The third-order valence-electron chi connectivity index (χ3n) is 6.68. The largest absolute Gasteiger partial charge is 0.493 e. The van der Waals surface area contributed by atoms with Crippen molar-refractivity contribution in [3.05, 3.63) is 83.7 Å². The second-order valence-corrected chi connectivity index (χ2v) is 9.32. The van der Waals surface area contributed by atoms with Crippen molar-refractivity contribution < 1.29 is 18.3 Å². The molecule has 0 aliphatic carbocycles. The molecule has 36 heavy (non-hydrogen) atoms. The average Bonchev–Trinajstić information content (AvgIpc) is 2.87. The van der Waals surface area contributed by atoms with E-state index in [1.807, 2.05) is 37.2 Å². The second-order valence-electron chi connectivity index (χ2n) is 9.32. The molecular formula is C29H27F2N3O2. The predicted molar refractivity (Wildman–Crippen MR) is 137 cm³/mol. The molecule has 4 aromatic rings. The second kappa shape index (κ2) is 10.0. The van der Waals surface area contributed by atoms with E-state index in [0.717, 1.165) is 36.8 Å². The van der Waals surface area contributed by atoms with E-state index in [0.29, 0.717) is 46.7 Å². The number of anilines is 1. The van der Waals surface area contributed by atoms with Crippen LogP contribution in [-0.2, 0) is 0 Å². The van der Waals surface area contributed by atoms with Gasteiger partial charge in [0.05, 0.1) is 29.1 Å². The lowest BCUT2D eigenvalue weighted by Crippen LogP contribution is -2.16. The Morgan fingerprint density at radius 2 is 1.86 bits per heavy atom. The van der Waals surface area contributed by atoms with Crippen molar-refractivity contribution in [2.75, 3.05) is 25.6 Å². The highest BCUT2D eigenvalue weighted by molar-refractivity contribution is 6.10. The van der Waals surface area contributed by atoms with Gasteiger partial charge in [-0.05, 0) is 55.0 Å². The molecule has 7 heteroatoms. The Morgan fingerprint density at radius 1 is 1.08 bits per heavy atom. The summed E-state index contributed by atoms with van der Waals surface area (Å²) in [6.45, 7) is 0.695. The van der Waals surface area contributed by atoms with Crippen LogP contribution in [0.4, 0.5) is 14.5 Å². The van der Waals surface area contributed by atoms with Crippen molar-refractivity contribution in [3.8, 4) is 17.0 Å². The molecule has 1 aliphatic heterocycles. The van der Waals surface area contributed by atoms with Gasteiger partial charge < -0.3 is 9.64 Å². The van der Waals surface area contributed by atoms with Crippen molar-refractivity contribution >= 4 is 22.4 Å². The zero-order chi connectivity index (χ0) is 25.2. The number of halogens is 2. The van der Waals surface area contributed by atoms with Crippen molar-refractivity contribution in [1.82, 2.24) is 9.97 Å². The Kier molecular flexibility index (Phi) is 6.63. The minimum atomic E-state index is -0.685. The van der Waals surface area contributed by atoms with Crippen LogP contribution < -0.4 is 9.64 Å². The Morgan fingerprint density at radius 3 is 2.64 bits per heavy atom. The lowest BCUT2D eigenvalue weighted by atomic mass is 9.88. The maximum absolute atomic E-state index is 13.9. The molecule has 0 amide bonds. The molecular weight excluding hydrogens is 460 g/mol. The molecule has 0 spiro atoms. The van der Waals surface area contributed by atoms with Gasteiger partial charge >= 0.3 is 0 Å². The molecule has 2 aromatic heterocycles. The van der Waals surface area contributed by atoms with Crippen molar-refractivity contribution in [2.24, 2.45) is 0 Å². The molecule has 5 nitrogen and oxygen atoms in total. The average molecular weight is 488 g/mol. The molecule has 2 aromatic carbocycles. The highest BCUT2D eigenvalue weighted by Crippen LogP contribution is 2.37. The van der Waals surface area contributed by atoms with Crippen LogP contribution in [0.25, 0.3) is 22.2 Å². The van der Waals surface area contributed by atoms with Gasteiger partial charge in [-0.2, -0.15) is 0 Å². The fourth-order valence-electron chi connectivity index (χ4n) is 5.06. The predicted octanol–water partition coefficient (Wildman–Crippen LogP) is 6.56. The number of benzene rings is 2. The summed E-state index contributed by atoms with van der Waals surface area (Å²) < 4.78 is 33.5. The van der Waals surface area contributed by atoms with Crippen LogP contribution in [0.5, 0.6) is 5.75 Å². The molecule has 184 valence electrons. The number of carbonyl (C=O) groups is 1. The molecule has 0 saturated carbocycles. The molecule has 5 rings (SSSR count). The number of pyridine rings is 2. The lowest BCUT2D eigenvalue weighted by molar-refractivity contribution is 0.0978. The first-order valence-electron chi connectivity index (χ1n) is 12.1. The van der Waals surface area contributed by atoms with Gasteiger partial charge in [-0.15, -0.1) is 0 Å². The summed E-state index contributed by atoms with van der Waals surface area (Å²) in [4.78, 5) is 24.1. The SMILES string of the molecule is CN(C)c1c(C(=O)CCC[C@H]2CCOc3ccccc32)cnc2c(-c3cc(F)cc(F)c3)nccc12. The Hall–Kier alpha value is -3.87. The van der Waals surface area contributed by atoms with Crippen molar-refractivity contribution in [3.63, 3.8) is 0 Å². The van der Waals surface area contributed by atoms with E-state index in [1.165, 1.54) is 17.7 Å². The van der Waals surface area contributed by atoms with Gasteiger partial charge in [-0.25, -0.2) is 8.78 Å². The number of para-hydroxylation sites is 1. The van der Waals surface area contributed by atoms with Crippen LogP contribution in [0, 0.1) is 11.6 Å². The third-order valence-corrected chi connectivity index (χ3v) is 6.68. The van der Waals surface area contributed by atoms with E-state index in [9.17, 15) is 13.6 Å². The van der Waals surface area contributed by atoms with Crippen molar-refractivity contribution in [1.29, 1.82) is 0 Å². The quantitative estimate of drug-likeness (QED) is 0.276. The van der Waals surface area contributed by atoms with Crippen LogP contribution in [0.3, 0.4) is 0 Å². The van der Waals surface area contributed by atoms with Gasteiger partial charge in [0, 0.05) is 49.9 Å². The van der Waals surface area contributed by atoms with Gasteiger partial charge in [0.25, 0.3) is 0 Å². The Labute approximate surface area is 208 Å². The van der Waals surface area contributed by atoms with Gasteiger partial charge in [-0.1, -0.05) is 18.2 Å². The zero-order valence-corrected chi connectivity index (χ0v) is 20.3. The summed E-state index contributed by atoms with van der Waals surface area (Å²) in [7, 11) is 3.74. The highest BCUT2D eigenvalue weighted by Gasteiger charge is 2.23. The number of aromatic nitrogens is 2. The molecule has 0 bridgehead atoms. The third kappa shape index (κ3) is 4.65. The summed E-state index contributed by atoms with van der Waals surface area (Å²) in [5.41, 5.74) is 3.62. The summed E-state index contributed by atoms with van der Waals surface area (Å²) >= 11 is 0. The fourth-order valence-corrected chi connectivity index (χ4v) is 5.06. The summed E-state index contributed by atoms with van der Waals surface area (Å²) in [6, 6.07) is 13.2. The molecule has 0 saturated heterocycles. The van der Waals surface area contributed by atoms with Crippen molar-refractivity contribution in [2.45, 2.75) is 31.6 Å². The van der Waals surface area contributed by atoms with Crippen LogP contribution in [0.1, 0.15) is 47.5 Å². The van der Waals surface area contributed by atoms with Gasteiger partial charge in [0.15, 0.2) is 5.78 Å². The number of hydrogen-bond acceptors (Lipinski definition) is 5. The number of hydrogen-bond donors (Lipinski definition) is 0. The number of Topliss-reactive ketones (excluding diaryl/α,β-unsaturated/α-hetero) is 1. The molecule has 1 atom stereocenters. The monoisotopic (exact) mass is 487 g/mol. The van der Waals surface area contributed by atoms with Crippen LogP contribution in [0.2, 0.25) is 0 Å². The molecule has 1 aliphatic rings. The van der Waals surface area contributed by atoms with Gasteiger partial charge in [0.2, 0.25) is 0 Å². The smallest absolute Gasteiger partial charge is 0.166 e. The molecule has 0 N–H and O–H groups in total. The fraction of sp³-hybridized carbons (Fsp3) is 0.276. The van der Waals surface area contributed by atoms with E-state index in [1.54, 1.807) is 18.5 Å². The van der Waals surface area contributed by atoms with Gasteiger partial charge in [-0.3, -0.25) is 14.8 Å². The maximum Gasteiger partial charge on any atom is 0.166 e. The lowest BCUT2D eigenvalue weighted by Gasteiger charge is -2.25. The normalized spacial score (nSPS) is 14.8.